The smallest absolute Gasteiger partial charge is 0.323 e. The Morgan fingerprint density at radius 1 is 1.29 bits per heavy atom. The molecular weight excluding hydrogens is 218 g/mol. The fourth-order valence-electron chi connectivity index (χ4n) is 1.58. The quantitative estimate of drug-likeness (QED) is 0.694. The predicted molar refractivity (Wildman–Crippen MR) is 65.8 cm³/mol. The van der Waals surface area contributed by atoms with Gasteiger partial charge in [0.2, 0.25) is 0 Å². The molecule has 1 aromatic carbocycles. The molecule has 2 unspecified atom stereocenters. The number of hydrogen-bond donors (Lipinski definition) is 3. The lowest BCUT2D eigenvalue weighted by Crippen LogP contribution is -2.44. The fourth-order valence-corrected chi connectivity index (χ4v) is 1.58. The van der Waals surface area contributed by atoms with Gasteiger partial charge in [-0.3, -0.25) is 10.1 Å². The molecule has 4 heteroatoms. The minimum absolute atomic E-state index is 0.436. The van der Waals surface area contributed by atoms with Gasteiger partial charge in [0, 0.05) is 6.54 Å². The van der Waals surface area contributed by atoms with Crippen molar-refractivity contribution in [1.29, 1.82) is 0 Å². The molecule has 2 atom stereocenters. The third kappa shape index (κ3) is 4.17. The molecule has 0 aliphatic heterocycles. The molecule has 0 aliphatic rings. The fraction of sp³-hybridized carbons (Fsp3) is 0.462. The minimum Gasteiger partial charge on any atom is -0.480 e. The second-order valence-electron chi connectivity index (χ2n) is 4.11. The molecule has 17 heavy (non-hydrogen) atoms. The number of aliphatic carboxylic acids is 1. The van der Waals surface area contributed by atoms with E-state index in [0.29, 0.717) is 6.54 Å². The number of hydrogen-bond acceptors (Lipinski definition) is 3. The number of aryl methyl sites for hydroxylation is 1. The van der Waals surface area contributed by atoms with Crippen LogP contribution in [0.15, 0.2) is 24.3 Å². The summed E-state index contributed by atoms with van der Waals surface area (Å²) in [6.07, 6.45) is 0.0708. The van der Waals surface area contributed by atoms with Crippen LogP contribution in [0.5, 0.6) is 0 Å². The zero-order valence-corrected chi connectivity index (χ0v) is 10.2. The van der Waals surface area contributed by atoms with Crippen molar-refractivity contribution in [2.24, 2.45) is 0 Å². The summed E-state index contributed by atoms with van der Waals surface area (Å²) in [4.78, 5) is 10.8. The summed E-state index contributed by atoms with van der Waals surface area (Å²) in [7, 11) is 0. The molecule has 0 saturated heterocycles. The monoisotopic (exact) mass is 237 g/mol. The molecule has 3 N–H and O–H groups in total. The summed E-state index contributed by atoms with van der Waals surface area (Å²) >= 11 is 0. The Balaban J connectivity index is 2.56. The normalized spacial score (nSPS) is 14.3. The maximum Gasteiger partial charge on any atom is 0.323 e. The molecule has 0 spiro atoms. The summed E-state index contributed by atoms with van der Waals surface area (Å²) in [5.41, 5.74) is 2.26. The highest BCUT2D eigenvalue weighted by molar-refractivity contribution is 5.74. The van der Waals surface area contributed by atoms with Crippen molar-refractivity contribution in [2.75, 3.05) is 0 Å². The van der Waals surface area contributed by atoms with E-state index in [9.17, 15) is 9.90 Å². The number of carbonyl (C=O) groups is 1. The van der Waals surface area contributed by atoms with Gasteiger partial charge in [-0.15, -0.1) is 0 Å². The van der Waals surface area contributed by atoms with Gasteiger partial charge in [-0.25, -0.2) is 0 Å². The second kappa shape index (κ2) is 6.37. The van der Waals surface area contributed by atoms with Crippen molar-refractivity contribution >= 4 is 5.97 Å². The molecule has 4 nitrogen and oxygen atoms in total. The van der Waals surface area contributed by atoms with Crippen molar-refractivity contribution in [3.63, 3.8) is 0 Å². The number of benzene rings is 1. The van der Waals surface area contributed by atoms with Crippen molar-refractivity contribution in [3.8, 4) is 0 Å². The van der Waals surface area contributed by atoms with Crippen molar-refractivity contribution in [3.05, 3.63) is 35.4 Å². The highest BCUT2D eigenvalue weighted by atomic mass is 16.4. The molecule has 0 bridgehead atoms. The van der Waals surface area contributed by atoms with Crippen molar-refractivity contribution in [1.82, 2.24) is 5.32 Å². The van der Waals surface area contributed by atoms with Crippen LogP contribution in [0.1, 0.15) is 25.0 Å². The molecular formula is C13H19NO3. The third-order valence-corrected chi connectivity index (χ3v) is 2.71. The van der Waals surface area contributed by atoms with Gasteiger partial charge in [-0.2, -0.15) is 0 Å². The molecule has 1 aromatic rings. The molecule has 0 saturated carbocycles. The number of rotatable bonds is 6. The van der Waals surface area contributed by atoms with Gasteiger partial charge in [0.1, 0.15) is 6.04 Å². The molecule has 0 heterocycles. The van der Waals surface area contributed by atoms with E-state index >= 15 is 0 Å². The zero-order valence-electron chi connectivity index (χ0n) is 10.2. The number of nitrogens with one attached hydrogen (secondary N) is 1. The summed E-state index contributed by atoms with van der Waals surface area (Å²) < 4.78 is 0. The Morgan fingerprint density at radius 3 is 2.24 bits per heavy atom. The molecule has 0 amide bonds. The largest absolute Gasteiger partial charge is 0.480 e. The number of carboxylic acids is 1. The molecule has 1 rings (SSSR count). The van der Waals surface area contributed by atoms with Gasteiger partial charge >= 0.3 is 5.97 Å². The zero-order chi connectivity index (χ0) is 12.8. The van der Waals surface area contributed by atoms with Crippen molar-refractivity contribution < 1.29 is 15.0 Å². The number of aliphatic hydroxyl groups is 1. The maximum atomic E-state index is 10.8. The topological polar surface area (TPSA) is 69.6 Å². The minimum atomic E-state index is -1.04. The van der Waals surface area contributed by atoms with Crippen LogP contribution in [0.2, 0.25) is 0 Å². The number of aliphatic hydroxyl groups excluding tert-OH is 1. The van der Waals surface area contributed by atoms with Crippen LogP contribution in [0.4, 0.5) is 0 Å². The van der Waals surface area contributed by atoms with Crippen LogP contribution in [0.3, 0.4) is 0 Å². The van der Waals surface area contributed by atoms with Gasteiger partial charge < -0.3 is 10.2 Å². The molecule has 0 fully saturated rings. The van der Waals surface area contributed by atoms with Crippen LogP contribution in [-0.2, 0) is 17.8 Å². The summed E-state index contributed by atoms with van der Waals surface area (Å²) in [6, 6.07) is 7.05. The SMILES string of the molecule is CCc1ccc(CNC(C(=O)O)C(C)O)cc1. The van der Waals surface area contributed by atoms with Crippen molar-refractivity contribution in [2.45, 2.75) is 39.0 Å². The molecule has 0 radical (unpaired) electrons. The standard InChI is InChI=1S/C13H19NO3/c1-3-10-4-6-11(7-5-10)8-14-12(9(2)15)13(16)17/h4-7,9,12,14-15H,3,8H2,1-2H3,(H,16,17). The van der Waals surface area contributed by atoms with Crippen LogP contribution < -0.4 is 5.32 Å². The highest BCUT2D eigenvalue weighted by Gasteiger charge is 2.21. The molecule has 0 aliphatic carbocycles. The first-order chi connectivity index (χ1) is 8.04. The highest BCUT2D eigenvalue weighted by Crippen LogP contribution is 2.05. The first kappa shape index (κ1) is 13.7. The van der Waals surface area contributed by atoms with Gasteiger partial charge in [-0.05, 0) is 24.5 Å². The summed E-state index contributed by atoms with van der Waals surface area (Å²) in [5, 5.41) is 21.0. The Hall–Kier alpha value is -1.39. The van der Waals surface area contributed by atoms with Crippen LogP contribution in [0, 0.1) is 0 Å². The Labute approximate surface area is 101 Å². The average Bonchev–Trinajstić information content (AvgIpc) is 2.29. The van der Waals surface area contributed by atoms with Gasteiger partial charge in [0.25, 0.3) is 0 Å². The van der Waals surface area contributed by atoms with Crippen LogP contribution in [0.25, 0.3) is 0 Å². The van der Waals surface area contributed by atoms with Crippen LogP contribution in [-0.4, -0.2) is 28.3 Å². The van der Waals surface area contributed by atoms with Crippen LogP contribution >= 0.6 is 0 Å². The van der Waals surface area contributed by atoms with E-state index in [1.807, 2.05) is 24.3 Å². The van der Waals surface area contributed by atoms with E-state index in [0.717, 1.165) is 12.0 Å². The van der Waals surface area contributed by atoms with E-state index < -0.39 is 18.1 Å². The van der Waals surface area contributed by atoms with E-state index in [-0.39, 0.29) is 0 Å². The second-order valence-corrected chi connectivity index (χ2v) is 4.11. The van der Waals surface area contributed by atoms with E-state index in [4.69, 9.17) is 5.11 Å². The van der Waals surface area contributed by atoms with E-state index in [1.54, 1.807) is 0 Å². The first-order valence-corrected chi connectivity index (χ1v) is 5.76. The van der Waals surface area contributed by atoms with Gasteiger partial charge in [0.05, 0.1) is 6.10 Å². The molecule has 94 valence electrons. The molecule has 0 aromatic heterocycles. The lowest BCUT2D eigenvalue weighted by atomic mass is 10.1. The van der Waals surface area contributed by atoms with Gasteiger partial charge in [0.15, 0.2) is 0 Å². The first-order valence-electron chi connectivity index (χ1n) is 5.76. The van der Waals surface area contributed by atoms with E-state index in [1.165, 1.54) is 12.5 Å². The average molecular weight is 237 g/mol. The lowest BCUT2D eigenvalue weighted by Gasteiger charge is -2.17. The summed E-state index contributed by atoms with van der Waals surface area (Å²) in [6.45, 7) is 3.99. The Kier molecular flexibility index (Phi) is 5.12. The third-order valence-electron chi connectivity index (χ3n) is 2.71. The number of carboxylic acid groups (broad SMARTS) is 1. The lowest BCUT2D eigenvalue weighted by molar-refractivity contribution is -0.142. The predicted octanol–water partition coefficient (Wildman–Crippen LogP) is 1.17. The Morgan fingerprint density at radius 2 is 1.82 bits per heavy atom. The Bertz CT molecular complexity index is 359. The van der Waals surface area contributed by atoms with Gasteiger partial charge in [-0.1, -0.05) is 31.2 Å². The van der Waals surface area contributed by atoms with E-state index in [2.05, 4.69) is 12.2 Å². The summed E-state index contributed by atoms with van der Waals surface area (Å²) in [5.74, 6) is -1.04. The maximum absolute atomic E-state index is 10.8.